The average Bonchev–Trinajstić information content (AvgIpc) is 3.25. The van der Waals surface area contributed by atoms with Gasteiger partial charge in [0.15, 0.2) is 0 Å². The van der Waals surface area contributed by atoms with Crippen LogP contribution in [0.25, 0.3) is 0 Å². The Kier molecular flexibility index (Phi) is 7.90. The standard InChI is InChI=1S/C25H23F9N4O3S/c1-35-17-8-6-15(24(29,30)31)12-19(17)37(10-11-42(39,40)41)21(35)4-3-5-22-36(2)18-9-7-16(25(32,33)34)13-20(18)38(22)14-23(26,27)28/h3-9,12-13,22H,10-11,14H2,1-2H3,(H,39,40,41). The van der Waals surface area contributed by atoms with Crippen molar-refractivity contribution in [2.45, 2.75) is 24.7 Å². The summed E-state index contributed by atoms with van der Waals surface area (Å²) in [5, 5.41) is 0. The highest BCUT2D eigenvalue weighted by atomic mass is 32.2. The predicted molar refractivity (Wildman–Crippen MR) is 138 cm³/mol. The van der Waals surface area contributed by atoms with Gasteiger partial charge in [-0.25, -0.2) is 0 Å². The number of nitrogens with zero attached hydrogens (tertiary/aromatic N) is 4. The van der Waals surface area contributed by atoms with Gasteiger partial charge in [-0.15, -0.1) is 0 Å². The van der Waals surface area contributed by atoms with E-state index in [0.29, 0.717) is 6.07 Å². The molecule has 2 aromatic rings. The third-order valence-electron chi connectivity index (χ3n) is 6.73. The number of allylic oxidation sites excluding steroid dienone is 2. The monoisotopic (exact) mass is 630 g/mol. The van der Waals surface area contributed by atoms with Crippen LogP contribution in [-0.2, 0) is 22.5 Å². The van der Waals surface area contributed by atoms with Crippen LogP contribution in [0.2, 0.25) is 0 Å². The molecule has 17 heteroatoms. The lowest BCUT2D eigenvalue weighted by atomic mass is 10.1. The number of anilines is 4. The molecule has 4 rings (SSSR count). The summed E-state index contributed by atoms with van der Waals surface area (Å²) in [4.78, 5) is 4.67. The lowest BCUT2D eigenvalue weighted by Gasteiger charge is -2.29. The molecule has 230 valence electrons. The Hall–Kier alpha value is -3.60. The molecule has 0 spiro atoms. The second-order valence-electron chi connectivity index (χ2n) is 9.58. The van der Waals surface area contributed by atoms with Crippen molar-refractivity contribution in [3.63, 3.8) is 0 Å². The van der Waals surface area contributed by atoms with E-state index < -0.39 is 64.8 Å². The van der Waals surface area contributed by atoms with Crippen molar-refractivity contribution in [1.29, 1.82) is 0 Å². The number of fused-ring (bicyclic) bond motifs is 2. The summed E-state index contributed by atoms with van der Waals surface area (Å²) in [7, 11) is -1.68. The Balaban J connectivity index is 1.72. The second kappa shape index (κ2) is 10.6. The molecular formula is C25H23F9N4O3S. The van der Waals surface area contributed by atoms with Crippen molar-refractivity contribution in [3.8, 4) is 0 Å². The normalized spacial score (nSPS) is 19.0. The molecule has 0 amide bonds. The summed E-state index contributed by atoms with van der Waals surface area (Å²) >= 11 is 0. The fourth-order valence-corrected chi connectivity index (χ4v) is 5.25. The predicted octanol–water partition coefficient (Wildman–Crippen LogP) is 6.11. The molecule has 0 bridgehead atoms. The van der Waals surface area contributed by atoms with Gasteiger partial charge in [0.1, 0.15) is 18.5 Å². The minimum atomic E-state index is -4.80. The summed E-state index contributed by atoms with van der Waals surface area (Å²) < 4.78 is 153. The fourth-order valence-electron chi connectivity index (χ4n) is 4.84. The topological polar surface area (TPSA) is 67.3 Å². The molecule has 2 aromatic carbocycles. The maximum Gasteiger partial charge on any atom is 0.416 e. The Morgan fingerprint density at radius 3 is 1.90 bits per heavy atom. The van der Waals surface area contributed by atoms with Gasteiger partial charge in [0.25, 0.3) is 10.1 Å². The zero-order chi connectivity index (χ0) is 31.4. The Bertz CT molecular complexity index is 1520. The smallest absolute Gasteiger partial charge is 0.349 e. The van der Waals surface area contributed by atoms with Gasteiger partial charge in [0, 0.05) is 20.6 Å². The van der Waals surface area contributed by atoms with Crippen molar-refractivity contribution in [3.05, 3.63) is 71.6 Å². The minimum Gasteiger partial charge on any atom is -0.349 e. The van der Waals surface area contributed by atoms with Crippen LogP contribution in [0.3, 0.4) is 0 Å². The molecule has 7 nitrogen and oxygen atoms in total. The second-order valence-corrected chi connectivity index (χ2v) is 11.1. The fraction of sp³-hybridized carbons (Fsp3) is 0.360. The molecule has 1 atom stereocenters. The molecule has 2 aliphatic heterocycles. The maximum atomic E-state index is 13.5. The molecule has 0 aliphatic carbocycles. The van der Waals surface area contributed by atoms with E-state index in [4.69, 9.17) is 0 Å². The highest BCUT2D eigenvalue weighted by Gasteiger charge is 2.42. The van der Waals surface area contributed by atoms with Crippen LogP contribution in [0.1, 0.15) is 11.1 Å². The number of likely N-dealkylation sites (N-methyl/N-ethyl adjacent to an activating group) is 1. The number of hydrogen-bond donors (Lipinski definition) is 1. The first-order chi connectivity index (χ1) is 19.2. The van der Waals surface area contributed by atoms with E-state index >= 15 is 0 Å². The van der Waals surface area contributed by atoms with E-state index in [1.165, 1.54) is 47.0 Å². The van der Waals surface area contributed by atoms with Gasteiger partial charge in [-0.05, 0) is 48.6 Å². The van der Waals surface area contributed by atoms with Crippen molar-refractivity contribution < 1.29 is 52.5 Å². The van der Waals surface area contributed by atoms with E-state index in [2.05, 4.69) is 0 Å². The van der Waals surface area contributed by atoms with Crippen LogP contribution in [0.5, 0.6) is 0 Å². The van der Waals surface area contributed by atoms with Crippen LogP contribution >= 0.6 is 0 Å². The zero-order valence-electron chi connectivity index (χ0n) is 21.8. The number of halogens is 9. The highest BCUT2D eigenvalue weighted by molar-refractivity contribution is 7.85. The molecule has 0 saturated carbocycles. The summed E-state index contributed by atoms with van der Waals surface area (Å²) in [6.45, 7) is -2.05. The Labute approximate surface area is 234 Å². The van der Waals surface area contributed by atoms with Gasteiger partial charge in [-0.2, -0.15) is 47.9 Å². The van der Waals surface area contributed by atoms with Crippen molar-refractivity contribution in [1.82, 2.24) is 0 Å². The van der Waals surface area contributed by atoms with Crippen LogP contribution in [0.4, 0.5) is 62.3 Å². The van der Waals surface area contributed by atoms with Crippen molar-refractivity contribution in [2.24, 2.45) is 0 Å². The van der Waals surface area contributed by atoms with Gasteiger partial charge in [-0.1, -0.05) is 6.08 Å². The third kappa shape index (κ3) is 6.56. The van der Waals surface area contributed by atoms with E-state index in [9.17, 15) is 52.5 Å². The van der Waals surface area contributed by atoms with Crippen LogP contribution in [0.15, 0.2) is 60.4 Å². The van der Waals surface area contributed by atoms with E-state index in [1.54, 1.807) is 0 Å². The van der Waals surface area contributed by atoms with Crippen LogP contribution in [0, 0.1) is 0 Å². The van der Waals surface area contributed by atoms with E-state index in [-0.39, 0.29) is 28.6 Å². The highest BCUT2D eigenvalue weighted by Crippen LogP contribution is 2.45. The summed E-state index contributed by atoms with van der Waals surface area (Å²) in [6, 6.07) is 5.22. The average molecular weight is 631 g/mol. The quantitative estimate of drug-likeness (QED) is 0.305. The Morgan fingerprint density at radius 1 is 0.833 bits per heavy atom. The molecule has 42 heavy (non-hydrogen) atoms. The first-order valence-electron chi connectivity index (χ1n) is 12.0. The van der Waals surface area contributed by atoms with Gasteiger partial charge in [0.05, 0.1) is 39.6 Å². The summed E-state index contributed by atoms with van der Waals surface area (Å²) in [5.41, 5.74) is -2.12. The molecule has 1 unspecified atom stereocenters. The molecule has 0 aromatic heterocycles. The molecule has 0 saturated heterocycles. The van der Waals surface area contributed by atoms with Crippen molar-refractivity contribution in [2.75, 3.05) is 52.5 Å². The van der Waals surface area contributed by atoms with Crippen LogP contribution in [-0.4, -0.2) is 58.3 Å². The lowest BCUT2D eigenvalue weighted by Crippen LogP contribution is -2.44. The molecule has 2 heterocycles. The SMILES string of the molecule is CN1C(=CC=CC2N(C)c3ccc(C(F)(F)F)cc3N2CC(F)(F)F)N(CCS(=O)(=O)O)c2cc(C(F)(F)F)ccc21. The molecule has 0 radical (unpaired) electrons. The number of benzene rings is 2. The molecule has 0 fully saturated rings. The Morgan fingerprint density at radius 2 is 1.38 bits per heavy atom. The zero-order valence-corrected chi connectivity index (χ0v) is 22.6. The summed E-state index contributed by atoms with van der Waals surface area (Å²) in [6.07, 6.45) is -11.7. The van der Waals surface area contributed by atoms with E-state index in [1.807, 2.05) is 0 Å². The lowest BCUT2D eigenvalue weighted by molar-refractivity contribution is -0.138. The first kappa shape index (κ1) is 31.3. The maximum absolute atomic E-state index is 13.5. The van der Waals surface area contributed by atoms with Crippen molar-refractivity contribution >= 4 is 32.9 Å². The van der Waals surface area contributed by atoms with Crippen LogP contribution < -0.4 is 19.6 Å². The van der Waals surface area contributed by atoms with Gasteiger partial charge >= 0.3 is 18.5 Å². The molecule has 1 N–H and O–H groups in total. The number of alkyl halides is 9. The molecular weight excluding hydrogens is 607 g/mol. The first-order valence-corrected chi connectivity index (χ1v) is 13.6. The number of hydrogen-bond acceptors (Lipinski definition) is 6. The summed E-state index contributed by atoms with van der Waals surface area (Å²) in [5.74, 6) is -0.719. The third-order valence-corrected chi connectivity index (χ3v) is 7.43. The van der Waals surface area contributed by atoms with E-state index in [0.717, 1.165) is 35.2 Å². The molecule has 2 aliphatic rings. The minimum absolute atomic E-state index is 0.0283. The number of rotatable bonds is 6. The van der Waals surface area contributed by atoms with Gasteiger partial charge in [0.2, 0.25) is 0 Å². The van der Waals surface area contributed by atoms with Gasteiger partial charge < -0.3 is 19.6 Å². The largest absolute Gasteiger partial charge is 0.416 e. The van der Waals surface area contributed by atoms with Gasteiger partial charge in [-0.3, -0.25) is 4.55 Å².